The fourth-order valence-corrected chi connectivity index (χ4v) is 2.76. The number of cyclic esters (lactones) is 3. The highest BCUT2D eigenvalue weighted by Gasteiger charge is 2.21. The van der Waals surface area contributed by atoms with Crippen LogP contribution in [0.25, 0.3) is 0 Å². The van der Waals surface area contributed by atoms with Crippen LogP contribution >= 0.6 is 47.8 Å². The van der Waals surface area contributed by atoms with Gasteiger partial charge >= 0.3 is 17.9 Å². The summed E-state index contributed by atoms with van der Waals surface area (Å²) >= 11 is 9.55. The van der Waals surface area contributed by atoms with E-state index < -0.39 is 17.9 Å². The first-order valence-corrected chi connectivity index (χ1v) is 10.2. The molecule has 0 aromatic rings. The predicted molar refractivity (Wildman–Crippen MR) is 98.5 cm³/mol. The quantitative estimate of drug-likeness (QED) is 0.242. The molecule has 0 N–H and O–H groups in total. The van der Waals surface area contributed by atoms with Crippen molar-refractivity contribution in [2.24, 2.45) is 0 Å². The van der Waals surface area contributed by atoms with Gasteiger partial charge in [0.1, 0.15) is 19.8 Å². The zero-order chi connectivity index (χ0) is 17.9. The first-order chi connectivity index (χ1) is 11.5. The van der Waals surface area contributed by atoms with Crippen LogP contribution in [0.1, 0.15) is 0 Å². The van der Waals surface area contributed by atoms with Crippen molar-refractivity contribution >= 4 is 65.7 Å². The Morgan fingerprint density at radius 1 is 0.625 bits per heavy atom. The number of carbonyl (C=O) groups is 3. The molecule has 0 radical (unpaired) electrons. The molecule has 1 aliphatic rings. The van der Waals surface area contributed by atoms with Crippen LogP contribution in [0.3, 0.4) is 0 Å². The second-order valence-electron chi connectivity index (χ2n) is 4.38. The van der Waals surface area contributed by atoms with Gasteiger partial charge in [-0.15, -0.1) is 0 Å². The fraction of sp³-hybridized carbons (Fsp3) is 0.400. The van der Waals surface area contributed by atoms with Crippen molar-refractivity contribution < 1.29 is 28.6 Å². The number of alkyl halides is 3. The molecule has 1 saturated heterocycles. The van der Waals surface area contributed by atoms with E-state index in [1.165, 1.54) is 0 Å². The minimum atomic E-state index is -0.665. The Morgan fingerprint density at radius 2 is 0.875 bits per heavy atom. The first-order valence-electron chi connectivity index (χ1n) is 6.79. The number of ether oxygens (including phenoxy) is 3. The Bertz CT molecular complexity index is 499. The molecule has 1 rings (SSSR count). The second kappa shape index (κ2) is 11.6. The lowest BCUT2D eigenvalue weighted by Crippen LogP contribution is -2.24. The van der Waals surface area contributed by atoms with Crippen LogP contribution in [0.15, 0.2) is 34.9 Å². The van der Waals surface area contributed by atoms with Gasteiger partial charge in [-0.3, -0.25) is 0 Å². The minimum Gasteiger partial charge on any atom is -0.457 e. The predicted octanol–water partition coefficient (Wildman–Crippen LogP) is 2.59. The molecule has 0 saturated carbocycles. The van der Waals surface area contributed by atoms with Crippen molar-refractivity contribution in [2.75, 3.05) is 35.8 Å². The number of allylic oxidation sites excluding steroid dienone is 3. The van der Waals surface area contributed by atoms with Crippen molar-refractivity contribution in [3.8, 4) is 0 Å². The standard InChI is InChI=1S/C15H15Br3O6/c16-4-1-10-7-22-14(20)12(3-6-18)9-24-15(21)11(2-5-17)8-23-13(10)19/h1-3H,4-9H2/b10-1+,11-2+,12-3+. The van der Waals surface area contributed by atoms with Crippen LogP contribution in [0, 0.1) is 0 Å². The maximum absolute atomic E-state index is 12.1. The third-order valence-electron chi connectivity index (χ3n) is 2.83. The van der Waals surface area contributed by atoms with Crippen LogP contribution in [0.4, 0.5) is 0 Å². The average Bonchev–Trinajstić information content (AvgIpc) is 2.57. The molecule has 6 nitrogen and oxygen atoms in total. The maximum Gasteiger partial charge on any atom is 0.337 e. The lowest BCUT2D eigenvalue weighted by Gasteiger charge is -2.15. The Morgan fingerprint density at radius 3 is 1.08 bits per heavy atom. The van der Waals surface area contributed by atoms with Gasteiger partial charge in [0, 0.05) is 16.0 Å². The van der Waals surface area contributed by atoms with Gasteiger partial charge in [0.15, 0.2) is 0 Å². The summed E-state index contributed by atoms with van der Waals surface area (Å²) in [5.41, 5.74) is 0.557. The van der Waals surface area contributed by atoms with Crippen LogP contribution < -0.4 is 0 Å². The van der Waals surface area contributed by atoms with E-state index >= 15 is 0 Å². The van der Waals surface area contributed by atoms with Gasteiger partial charge in [-0.2, -0.15) is 0 Å². The molecule has 0 bridgehead atoms. The monoisotopic (exact) mass is 528 g/mol. The highest BCUT2D eigenvalue weighted by atomic mass is 79.9. The van der Waals surface area contributed by atoms with Crippen LogP contribution in [0.2, 0.25) is 0 Å². The van der Waals surface area contributed by atoms with Gasteiger partial charge < -0.3 is 14.2 Å². The van der Waals surface area contributed by atoms with E-state index in [0.29, 0.717) is 16.0 Å². The van der Waals surface area contributed by atoms with Gasteiger partial charge in [0.05, 0.1) is 16.7 Å². The molecule has 1 aliphatic heterocycles. The third-order valence-corrected chi connectivity index (χ3v) is 3.80. The van der Waals surface area contributed by atoms with Crippen LogP contribution in [0.5, 0.6) is 0 Å². The lowest BCUT2D eigenvalue weighted by molar-refractivity contribution is -0.145. The summed E-state index contributed by atoms with van der Waals surface area (Å²) in [5.74, 6) is -1.99. The van der Waals surface area contributed by atoms with Crippen LogP contribution in [-0.2, 0) is 28.6 Å². The summed E-state index contributed by atoms with van der Waals surface area (Å²) in [4.78, 5) is 36.2. The number of carbonyl (C=O) groups excluding carboxylic acids is 3. The summed E-state index contributed by atoms with van der Waals surface area (Å²) < 4.78 is 15.3. The number of halogens is 3. The average molecular weight is 531 g/mol. The largest absolute Gasteiger partial charge is 0.457 e. The Kier molecular flexibility index (Phi) is 10.2. The molecule has 0 aromatic heterocycles. The van der Waals surface area contributed by atoms with E-state index in [2.05, 4.69) is 47.8 Å². The molecule has 24 heavy (non-hydrogen) atoms. The Hall–Kier alpha value is -0.930. The van der Waals surface area contributed by atoms with E-state index in [-0.39, 0.29) is 36.5 Å². The van der Waals surface area contributed by atoms with Crippen molar-refractivity contribution in [3.63, 3.8) is 0 Å². The smallest absolute Gasteiger partial charge is 0.337 e. The lowest BCUT2D eigenvalue weighted by atomic mass is 10.2. The molecule has 0 atom stereocenters. The molecule has 0 spiro atoms. The highest BCUT2D eigenvalue weighted by Crippen LogP contribution is 2.11. The number of rotatable bonds is 3. The normalized spacial score (nSPS) is 22.6. The van der Waals surface area contributed by atoms with E-state index in [9.17, 15) is 14.4 Å². The van der Waals surface area contributed by atoms with Crippen molar-refractivity contribution in [3.05, 3.63) is 34.9 Å². The number of hydrogen-bond acceptors (Lipinski definition) is 6. The summed E-state index contributed by atoms with van der Waals surface area (Å²) in [6, 6.07) is 0. The summed E-state index contributed by atoms with van der Waals surface area (Å²) in [7, 11) is 0. The summed E-state index contributed by atoms with van der Waals surface area (Å²) in [6.07, 6.45) is 4.63. The minimum absolute atomic E-state index is 0.186. The second-order valence-corrected chi connectivity index (χ2v) is 6.32. The molecular formula is C15H15Br3O6. The van der Waals surface area contributed by atoms with Crippen molar-refractivity contribution in [2.45, 2.75) is 0 Å². The zero-order valence-electron chi connectivity index (χ0n) is 12.6. The third kappa shape index (κ3) is 6.90. The zero-order valence-corrected chi connectivity index (χ0v) is 17.3. The van der Waals surface area contributed by atoms with E-state index in [1.54, 1.807) is 18.2 Å². The topological polar surface area (TPSA) is 78.9 Å². The van der Waals surface area contributed by atoms with Gasteiger partial charge in [0.2, 0.25) is 0 Å². The van der Waals surface area contributed by atoms with E-state index in [1.807, 2.05) is 0 Å². The summed E-state index contributed by atoms with van der Waals surface area (Å²) in [6.45, 7) is -0.684. The molecule has 0 amide bonds. The Balaban J connectivity index is 3.10. The first kappa shape index (κ1) is 21.1. The molecule has 0 unspecified atom stereocenters. The fourth-order valence-electron chi connectivity index (χ4n) is 1.59. The maximum atomic E-state index is 12.1. The van der Waals surface area contributed by atoms with Gasteiger partial charge in [-0.05, 0) is 0 Å². The van der Waals surface area contributed by atoms with Crippen molar-refractivity contribution in [1.29, 1.82) is 0 Å². The summed E-state index contributed by atoms with van der Waals surface area (Å²) in [5, 5.41) is 1.18. The van der Waals surface area contributed by atoms with E-state index in [0.717, 1.165) is 0 Å². The molecule has 9 heteroatoms. The van der Waals surface area contributed by atoms with Crippen molar-refractivity contribution in [1.82, 2.24) is 0 Å². The highest BCUT2D eigenvalue weighted by molar-refractivity contribution is 9.09. The Labute approximate surface area is 164 Å². The molecule has 1 fully saturated rings. The number of esters is 3. The molecule has 1 heterocycles. The van der Waals surface area contributed by atoms with Crippen LogP contribution in [-0.4, -0.2) is 53.7 Å². The molecule has 0 aromatic carbocycles. The number of hydrogen-bond donors (Lipinski definition) is 0. The van der Waals surface area contributed by atoms with Gasteiger partial charge in [0.25, 0.3) is 0 Å². The van der Waals surface area contributed by atoms with Gasteiger partial charge in [-0.1, -0.05) is 66.0 Å². The molecular weight excluding hydrogens is 516 g/mol. The van der Waals surface area contributed by atoms with E-state index in [4.69, 9.17) is 14.2 Å². The molecule has 132 valence electrons. The molecule has 0 aliphatic carbocycles. The van der Waals surface area contributed by atoms with Gasteiger partial charge in [-0.25, -0.2) is 14.4 Å². The SMILES string of the molecule is O=C1OC/C(=C\CBr)C(=O)OC/C(=C\CBr)C(=O)OC/C1=C\CBr.